The van der Waals surface area contributed by atoms with Gasteiger partial charge in [-0.2, -0.15) is 9.78 Å². The Balaban J connectivity index is 2.85. The summed E-state index contributed by atoms with van der Waals surface area (Å²) >= 11 is 0. The van der Waals surface area contributed by atoms with Gasteiger partial charge in [-0.05, 0) is 13.0 Å². The van der Waals surface area contributed by atoms with Gasteiger partial charge in [0.25, 0.3) is 0 Å². The molecule has 0 aliphatic carbocycles. The van der Waals surface area contributed by atoms with E-state index in [1.165, 1.54) is 9.58 Å². The summed E-state index contributed by atoms with van der Waals surface area (Å²) in [6.45, 7) is 1.85. The maximum atomic E-state index is 11.2. The summed E-state index contributed by atoms with van der Waals surface area (Å²) in [5, 5.41) is 3.96. The van der Waals surface area contributed by atoms with Gasteiger partial charge in [0.15, 0.2) is 0 Å². The van der Waals surface area contributed by atoms with Gasteiger partial charge in [-0.15, -0.1) is 0 Å². The molecule has 11 heavy (non-hydrogen) atoms. The SMILES string of the molecule is Cc1ccn(C(=O)N(C)C)n1. The van der Waals surface area contributed by atoms with E-state index in [0.29, 0.717) is 0 Å². The molecular formula is C7H11N3O. The zero-order valence-electron chi connectivity index (χ0n) is 6.90. The van der Waals surface area contributed by atoms with E-state index in [-0.39, 0.29) is 6.03 Å². The minimum absolute atomic E-state index is 0.127. The van der Waals surface area contributed by atoms with Gasteiger partial charge in [0.1, 0.15) is 0 Å². The molecule has 0 radical (unpaired) electrons. The highest BCUT2D eigenvalue weighted by Gasteiger charge is 2.06. The van der Waals surface area contributed by atoms with Crippen LogP contribution in [0.15, 0.2) is 12.3 Å². The maximum Gasteiger partial charge on any atom is 0.344 e. The lowest BCUT2D eigenvalue weighted by atomic mass is 10.5. The van der Waals surface area contributed by atoms with Gasteiger partial charge in [-0.1, -0.05) is 0 Å². The van der Waals surface area contributed by atoms with Gasteiger partial charge in [-0.25, -0.2) is 4.79 Å². The molecule has 1 aromatic rings. The quantitative estimate of drug-likeness (QED) is 0.551. The summed E-state index contributed by atoms with van der Waals surface area (Å²) in [4.78, 5) is 12.7. The first-order valence-electron chi connectivity index (χ1n) is 3.35. The van der Waals surface area contributed by atoms with Crippen LogP contribution in [0.1, 0.15) is 5.69 Å². The molecule has 4 nitrogen and oxygen atoms in total. The molecule has 0 atom stereocenters. The minimum atomic E-state index is -0.127. The van der Waals surface area contributed by atoms with Crippen molar-refractivity contribution in [2.24, 2.45) is 0 Å². The number of aryl methyl sites for hydroxylation is 1. The van der Waals surface area contributed by atoms with Crippen LogP contribution in [0.4, 0.5) is 4.79 Å². The number of hydrogen-bond donors (Lipinski definition) is 0. The van der Waals surface area contributed by atoms with E-state index in [9.17, 15) is 4.79 Å². The second-order valence-electron chi connectivity index (χ2n) is 2.58. The highest BCUT2D eigenvalue weighted by Crippen LogP contribution is 1.93. The molecule has 0 aliphatic heterocycles. The van der Waals surface area contributed by atoms with Crippen molar-refractivity contribution in [3.8, 4) is 0 Å². The maximum absolute atomic E-state index is 11.2. The minimum Gasteiger partial charge on any atom is -0.329 e. The molecular weight excluding hydrogens is 142 g/mol. The van der Waals surface area contributed by atoms with Crippen LogP contribution in [0, 0.1) is 6.92 Å². The van der Waals surface area contributed by atoms with E-state index in [0.717, 1.165) is 5.69 Å². The molecule has 0 N–H and O–H groups in total. The second kappa shape index (κ2) is 2.74. The largest absolute Gasteiger partial charge is 0.344 e. The molecule has 4 heteroatoms. The molecule has 0 saturated heterocycles. The van der Waals surface area contributed by atoms with Crippen LogP contribution < -0.4 is 0 Å². The molecule has 0 aromatic carbocycles. The average Bonchev–Trinajstić information content (AvgIpc) is 2.34. The Morgan fingerprint density at radius 2 is 2.27 bits per heavy atom. The van der Waals surface area contributed by atoms with E-state index in [1.54, 1.807) is 26.4 Å². The molecule has 0 fully saturated rings. The number of carbonyl (C=O) groups excluding carboxylic acids is 1. The highest BCUT2D eigenvalue weighted by molar-refractivity contribution is 5.75. The highest BCUT2D eigenvalue weighted by atomic mass is 16.2. The third kappa shape index (κ3) is 1.58. The molecule has 1 amide bonds. The van der Waals surface area contributed by atoms with Crippen molar-refractivity contribution in [2.45, 2.75) is 6.92 Å². The predicted octanol–water partition coefficient (Wildman–Crippen LogP) is 0.721. The first-order chi connectivity index (χ1) is 5.11. The van der Waals surface area contributed by atoms with Gasteiger partial charge < -0.3 is 4.90 Å². The number of amides is 1. The van der Waals surface area contributed by atoms with Gasteiger partial charge in [0.05, 0.1) is 5.69 Å². The van der Waals surface area contributed by atoms with Gasteiger partial charge in [0, 0.05) is 20.3 Å². The Morgan fingerprint density at radius 1 is 1.64 bits per heavy atom. The lowest BCUT2D eigenvalue weighted by molar-refractivity contribution is 0.216. The molecule has 0 unspecified atom stereocenters. The summed E-state index contributed by atoms with van der Waals surface area (Å²) in [6, 6.07) is 1.67. The van der Waals surface area contributed by atoms with Crippen molar-refractivity contribution >= 4 is 6.03 Å². The number of rotatable bonds is 0. The summed E-state index contributed by atoms with van der Waals surface area (Å²) < 4.78 is 1.31. The normalized spacial score (nSPS) is 9.73. The summed E-state index contributed by atoms with van der Waals surface area (Å²) in [5.74, 6) is 0. The van der Waals surface area contributed by atoms with Crippen molar-refractivity contribution in [1.29, 1.82) is 0 Å². The first-order valence-corrected chi connectivity index (χ1v) is 3.35. The number of nitrogens with zero attached hydrogens (tertiary/aromatic N) is 3. The Kier molecular flexibility index (Phi) is 1.94. The van der Waals surface area contributed by atoms with Crippen molar-refractivity contribution in [1.82, 2.24) is 14.7 Å². The number of carbonyl (C=O) groups is 1. The van der Waals surface area contributed by atoms with Gasteiger partial charge >= 0.3 is 6.03 Å². The zero-order chi connectivity index (χ0) is 8.43. The first kappa shape index (κ1) is 7.78. The van der Waals surface area contributed by atoms with Crippen LogP contribution >= 0.6 is 0 Å². The average molecular weight is 153 g/mol. The fourth-order valence-corrected chi connectivity index (χ4v) is 0.727. The standard InChI is InChI=1S/C7H11N3O/c1-6-4-5-10(8-6)7(11)9(2)3/h4-5H,1-3H3. The summed E-state index contributed by atoms with van der Waals surface area (Å²) in [7, 11) is 3.39. The van der Waals surface area contributed by atoms with Crippen LogP contribution in [-0.2, 0) is 0 Å². The van der Waals surface area contributed by atoms with E-state index < -0.39 is 0 Å². The van der Waals surface area contributed by atoms with Gasteiger partial charge in [-0.3, -0.25) is 0 Å². The van der Waals surface area contributed by atoms with Crippen LogP contribution in [0.5, 0.6) is 0 Å². The van der Waals surface area contributed by atoms with Crippen LogP contribution in [0.3, 0.4) is 0 Å². The molecule has 0 bridgehead atoms. The van der Waals surface area contributed by atoms with Crippen LogP contribution in [0.25, 0.3) is 0 Å². The van der Waals surface area contributed by atoms with Crippen molar-refractivity contribution in [3.05, 3.63) is 18.0 Å². The molecule has 1 rings (SSSR count). The number of aromatic nitrogens is 2. The van der Waals surface area contributed by atoms with E-state index in [1.807, 2.05) is 6.92 Å². The lowest BCUT2D eigenvalue weighted by Crippen LogP contribution is -2.27. The topological polar surface area (TPSA) is 38.1 Å². The smallest absolute Gasteiger partial charge is 0.329 e. The Labute approximate surface area is 65.4 Å². The molecule has 1 heterocycles. The van der Waals surface area contributed by atoms with Crippen molar-refractivity contribution in [3.63, 3.8) is 0 Å². The Bertz CT molecular complexity index is 264. The van der Waals surface area contributed by atoms with Crippen LogP contribution in [-0.4, -0.2) is 34.8 Å². The third-order valence-corrected chi connectivity index (χ3v) is 1.30. The third-order valence-electron chi connectivity index (χ3n) is 1.30. The second-order valence-corrected chi connectivity index (χ2v) is 2.58. The fourth-order valence-electron chi connectivity index (χ4n) is 0.727. The van der Waals surface area contributed by atoms with Gasteiger partial charge in [0.2, 0.25) is 0 Å². The van der Waals surface area contributed by atoms with E-state index in [2.05, 4.69) is 5.10 Å². The summed E-state index contributed by atoms with van der Waals surface area (Å²) in [5.41, 5.74) is 0.847. The molecule has 0 saturated carbocycles. The predicted molar refractivity (Wildman–Crippen MR) is 41.4 cm³/mol. The Hall–Kier alpha value is -1.32. The van der Waals surface area contributed by atoms with E-state index in [4.69, 9.17) is 0 Å². The van der Waals surface area contributed by atoms with Crippen LogP contribution in [0.2, 0.25) is 0 Å². The lowest BCUT2D eigenvalue weighted by Gasteiger charge is -2.08. The van der Waals surface area contributed by atoms with Crippen molar-refractivity contribution in [2.75, 3.05) is 14.1 Å². The molecule has 60 valence electrons. The molecule has 0 spiro atoms. The molecule has 1 aromatic heterocycles. The summed E-state index contributed by atoms with van der Waals surface area (Å²) in [6.07, 6.45) is 1.65. The van der Waals surface area contributed by atoms with Crippen molar-refractivity contribution < 1.29 is 4.79 Å². The fraction of sp³-hybridized carbons (Fsp3) is 0.429. The Morgan fingerprint density at radius 3 is 2.64 bits per heavy atom. The van der Waals surface area contributed by atoms with E-state index >= 15 is 0 Å². The number of hydrogen-bond acceptors (Lipinski definition) is 2. The monoisotopic (exact) mass is 153 g/mol. The zero-order valence-corrected chi connectivity index (χ0v) is 6.90. The molecule has 0 aliphatic rings.